The summed E-state index contributed by atoms with van der Waals surface area (Å²) in [5, 5.41) is 3.66. The van der Waals surface area contributed by atoms with E-state index in [0.29, 0.717) is 6.04 Å². The Balaban J connectivity index is 2.02. The summed E-state index contributed by atoms with van der Waals surface area (Å²) in [6.45, 7) is 9.54. The molecule has 2 aliphatic rings. The maximum Gasteiger partial charge on any atom is 0.0247 e. The first-order chi connectivity index (χ1) is 8.18. The fraction of sp³-hybridized carbons (Fsp3) is 1.00. The molecule has 2 nitrogen and oxygen atoms in total. The summed E-state index contributed by atoms with van der Waals surface area (Å²) in [5.41, 5.74) is 0. The molecule has 1 saturated heterocycles. The van der Waals surface area contributed by atoms with Gasteiger partial charge in [-0.1, -0.05) is 39.5 Å². The van der Waals surface area contributed by atoms with E-state index in [2.05, 4.69) is 31.0 Å². The lowest BCUT2D eigenvalue weighted by molar-refractivity contribution is 0.0521. The highest BCUT2D eigenvalue weighted by Crippen LogP contribution is 2.27. The van der Waals surface area contributed by atoms with Crippen LogP contribution in [0.3, 0.4) is 0 Å². The molecule has 0 aromatic rings. The molecule has 0 amide bonds. The van der Waals surface area contributed by atoms with Gasteiger partial charge in [0.2, 0.25) is 0 Å². The van der Waals surface area contributed by atoms with Crippen LogP contribution < -0.4 is 5.32 Å². The SMILES string of the molecule is CC1CN(C2CCCCCC2)C(C(C)C)CN1. The first-order valence-electron chi connectivity index (χ1n) is 7.67. The monoisotopic (exact) mass is 238 g/mol. The van der Waals surface area contributed by atoms with E-state index in [0.717, 1.165) is 18.0 Å². The van der Waals surface area contributed by atoms with Crippen molar-refractivity contribution in [1.29, 1.82) is 0 Å². The van der Waals surface area contributed by atoms with Crippen LogP contribution in [0.5, 0.6) is 0 Å². The highest BCUT2D eigenvalue weighted by atomic mass is 15.3. The van der Waals surface area contributed by atoms with Gasteiger partial charge in [-0.3, -0.25) is 4.90 Å². The minimum Gasteiger partial charge on any atom is -0.311 e. The van der Waals surface area contributed by atoms with Crippen molar-refractivity contribution in [2.75, 3.05) is 13.1 Å². The van der Waals surface area contributed by atoms with Crippen molar-refractivity contribution < 1.29 is 0 Å². The molecule has 1 aliphatic heterocycles. The predicted octanol–water partition coefficient (Wildman–Crippen LogP) is 3.03. The van der Waals surface area contributed by atoms with Gasteiger partial charge in [0, 0.05) is 31.2 Å². The van der Waals surface area contributed by atoms with Crippen LogP contribution in [0.1, 0.15) is 59.3 Å². The van der Waals surface area contributed by atoms with E-state index in [1.54, 1.807) is 0 Å². The Morgan fingerprint density at radius 1 is 1.06 bits per heavy atom. The molecule has 0 radical (unpaired) electrons. The van der Waals surface area contributed by atoms with Crippen molar-refractivity contribution in [3.05, 3.63) is 0 Å². The van der Waals surface area contributed by atoms with Crippen LogP contribution >= 0.6 is 0 Å². The summed E-state index contributed by atoms with van der Waals surface area (Å²) in [6, 6.07) is 2.30. The first-order valence-corrected chi connectivity index (χ1v) is 7.67. The fourth-order valence-electron chi connectivity index (χ4n) is 3.58. The van der Waals surface area contributed by atoms with Gasteiger partial charge in [0.15, 0.2) is 0 Å². The van der Waals surface area contributed by atoms with E-state index in [9.17, 15) is 0 Å². The predicted molar refractivity (Wildman–Crippen MR) is 74.3 cm³/mol. The molecule has 1 aliphatic carbocycles. The quantitative estimate of drug-likeness (QED) is 0.744. The van der Waals surface area contributed by atoms with Crippen molar-refractivity contribution in [1.82, 2.24) is 10.2 Å². The molecular formula is C15H30N2. The van der Waals surface area contributed by atoms with Crippen molar-refractivity contribution >= 4 is 0 Å². The molecule has 2 atom stereocenters. The van der Waals surface area contributed by atoms with E-state index in [1.807, 2.05) is 0 Å². The molecule has 17 heavy (non-hydrogen) atoms. The summed E-state index contributed by atoms with van der Waals surface area (Å²) in [6.07, 6.45) is 8.71. The van der Waals surface area contributed by atoms with Gasteiger partial charge < -0.3 is 5.32 Å². The fourth-order valence-corrected chi connectivity index (χ4v) is 3.58. The number of hydrogen-bond acceptors (Lipinski definition) is 2. The molecule has 0 aromatic carbocycles. The van der Waals surface area contributed by atoms with E-state index in [4.69, 9.17) is 0 Å². The molecule has 1 N–H and O–H groups in total. The third-order valence-corrected chi connectivity index (χ3v) is 4.65. The Labute approximate surface area is 107 Å². The van der Waals surface area contributed by atoms with Gasteiger partial charge in [-0.25, -0.2) is 0 Å². The molecular weight excluding hydrogens is 208 g/mol. The number of piperazine rings is 1. The lowest BCUT2D eigenvalue weighted by Gasteiger charge is -2.45. The highest BCUT2D eigenvalue weighted by molar-refractivity contribution is 4.90. The second-order valence-electron chi connectivity index (χ2n) is 6.46. The van der Waals surface area contributed by atoms with E-state index in [-0.39, 0.29) is 0 Å². The van der Waals surface area contributed by atoms with Crippen LogP contribution in [0.4, 0.5) is 0 Å². The highest BCUT2D eigenvalue weighted by Gasteiger charge is 2.32. The van der Waals surface area contributed by atoms with Crippen LogP contribution in [0, 0.1) is 5.92 Å². The van der Waals surface area contributed by atoms with Crippen molar-refractivity contribution in [3.63, 3.8) is 0 Å². The summed E-state index contributed by atoms with van der Waals surface area (Å²) < 4.78 is 0. The van der Waals surface area contributed by atoms with Gasteiger partial charge in [-0.05, 0) is 25.7 Å². The number of rotatable bonds is 2. The minimum atomic E-state index is 0.674. The van der Waals surface area contributed by atoms with Crippen molar-refractivity contribution in [2.24, 2.45) is 5.92 Å². The Kier molecular flexibility index (Phi) is 4.87. The lowest BCUT2D eigenvalue weighted by Crippen LogP contribution is -2.60. The van der Waals surface area contributed by atoms with Crippen LogP contribution in [0.2, 0.25) is 0 Å². The topological polar surface area (TPSA) is 15.3 Å². The van der Waals surface area contributed by atoms with E-state index >= 15 is 0 Å². The van der Waals surface area contributed by atoms with Crippen LogP contribution in [-0.2, 0) is 0 Å². The molecule has 2 rings (SSSR count). The standard InChI is InChI=1S/C15H30N2/c1-12(2)15-10-16-13(3)11-17(15)14-8-6-4-5-7-9-14/h12-16H,4-11H2,1-3H3. The molecule has 100 valence electrons. The minimum absolute atomic E-state index is 0.674. The molecule has 0 spiro atoms. The Morgan fingerprint density at radius 3 is 2.29 bits per heavy atom. The van der Waals surface area contributed by atoms with Gasteiger partial charge >= 0.3 is 0 Å². The van der Waals surface area contributed by atoms with Gasteiger partial charge in [-0.2, -0.15) is 0 Å². The molecule has 2 unspecified atom stereocenters. The van der Waals surface area contributed by atoms with Gasteiger partial charge in [0.25, 0.3) is 0 Å². The van der Waals surface area contributed by atoms with Crippen LogP contribution in [0.25, 0.3) is 0 Å². The zero-order valence-corrected chi connectivity index (χ0v) is 11.9. The number of nitrogens with zero attached hydrogens (tertiary/aromatic N) is 1. The Hall–Kier alpha value is -0.0800. The normalized spacial score (nSPS) is 33.9. The van der Waals surface area contributed by atoms with Crippen LogP contribution in [0.15, 0.2) is 0 Å². The smallest absolute Gasteiger partial charge is 0.0247 e. The van der Waals surface area contributed by atoms with Gasteiger partial charge in [-0.15, -0.1) is 0 Å². The van der Waals surface area contributed by atoms with Gasteiger partial charge in [0.05, 0.1) is 0 Å². The third kappa shape index (κ3) is 3.45. The molecule has 0 aromatic heterocycles. The number of nitrogens with one attached hydrogen (secondary N) is 1. The van der Waals surface area contributed by atoms with Crippen molar-refractivity contribution in [3.8, 4) is 0 Å². The molecule has 1 heterocycles. The van der Waals surface area contributed by atoms with E-state index < -0.39 is 0 Å². The second-order valence-corrected chi connectivity index (χ2v) is 6.46. The summed E-state index contributed by atoms with van der Waals surface area (Å²) in [5.74, 6) is 0.776. The first kappa shape index (κ1) is 13.4. The molecule has 1 saturated carbocycles. The average molecular weight is 238 g/mol. The third-order valence-electron chi connectivity index (χ3n) is 4.65. The largest absolute Gasteiger partial charge is 0.311 e. The summed E-state index contributed by atoms with van der Waals surface area (Å²) >= 11 is 0. The Morgan fingerprint density at radius 2 is 1.71 bits per heavy atom. The second kappa shape index (κ2) is 6.19. The maximum atomic E-state index is 3.66. The molecule has 2 heteroatoms. The zero-order chi connectivity index (χ0) is 12.3. The summed E-state index contributed by atoms with van der Waals surface area (Å²) in [4.78, 5) is 2.84. The average Bonchev–Trinajstić information content (AvgIpc) is 2.56. The molecule has 0 bridgehead atoms. The Bertz CT molecular complexity index is 219. The number of hydrogen-bond donors (Lipinski definition) is 1. The zero-order valence-electron chi connectivity index (χ0n) is 11.9. The summed E-state index contributed by atoms with van der Waals surface area (Å²) in [7, 11) is 0. The van der Waals surface area contributed by atoms with Crippen molar-refractivity contribution in [2.45, 2.75) is 77.4 Å². The molecule has 2 fully saturated rings. The van der Waals surface area contributed by atoms with E-state index in [1.165, 1.54) is 51.6 Å². The lowest BCUT2D eigenvalue weighted by atomic mass is 9.94. The maximum absolute atomic E-state index is 3.66. The van der Waals surface area contributed by atoms with Gasteiger partial charge in [0.1, 0.15) is 0 Å². The van der Waals surface area contributed by atoms with Crippen LogP contribution in [-0.4, -0.2) is 36.1 Å².